The third kappa shape index (κ3) is 4.66. The molecule has 6 nitrogen and oxygen atoms in total. The number of methoxy groups -OCH3 is 2. The van der Waals surface area contributed by atoms with E-state index in [9.17, 15) is 9.59 Å². The first kappa shape index (κ1) is 22.4. The summed E-state index contributed by atoms with van der Waals surface area (Å²) in [6, 6.07) is 11.6. The molecule has 0 fully saturated rings. The number of rotatable bonds is 8. The molecule has 168 valence electrons. The summed E-state index contributed by atoms with van der Waals surface area (Å²) in [6.07, 6.45) is 1.75. The number of nitrogens with zero attached hydrogens (tertiary/aromatic N) is 1. The van der Waals surface area contributed by atoms with Crippen molar-refractivity contribution in [2.24, 2.45) is 0 Å². The molecule has 0 saturated carbocycles. The van der Waals surface area contributed by atoms with E-state index >= 15 is 0 Å². The maximum absolute atomic E-state index is 13.2. The van der Waals surface area contributed by atoms with Crippen LogP contribution in [0.4, 0.5) is 0 Å². The minimum atomic E-state index is -0.147. The summed E-state index contributed by atoms with van der Waals surface area (Å²) >= 11 is 3.06. The Kier molecular flexibility index (Phi) is 7.12. The summed E-state index contributed by atoms with van der Waals surface area (Å²) in [5, 5.41) is 6.81. The molecule has 1 N–H and O–H groups in total. The largest absolute Gasteiger partial charge is 0.493 e. The van der Waals surface area contributed by atoms with Gasteiger partial charge in [0.25, 0.3) is 5.91 Å². The van der Waals surface area contributed by atoms with Crippen LogP contribution in [0, 0.1) is 0 Å². The number of nitrogens with one attached hydrogen (secondary N) is 1. The quantitative estimate of drug-likeness (QED) is 0.492. The Labute approximate surface area is 195 Å². The zero-order valence-electron chi connectivity index (χ0n) is 18.1. The third-order valence-corrected chi connectivity index (χ3v) is 7.40. The number of ether oxygens (including phenoxy) is 2. The summed E-state index contributed by atoms with van der Waals surface area (Å²) in [7, 11) is 3.26. The first-order valence-electron chi connectivity index (χ1n) is 10.5. The lowest BCUT2D eigenvalue weighted by Gasteiger charge is -2.37. The highest BCUT2D eigenvalue weighted by Crippen LogP contribution is 2.42. The summed E-state index contributed by atoms with van der Waals surface area (Å²) in [4.78, 5) is 29.1. The topological polar surface area (TPSA) is 67.9 Å². The van der Waals surface area contributed by atoms with Crippen molar-refractivity contribution >= 4 is 34.5 Å². The lowest BCUT2D eigenvalue weighted by Crippen LogP contribution is -2.40. The molecule has 2 aromatic heterocycles. The lowest BCUT2D eigenvalue weighted by molar-refractivity contribution is -0.133. The van der Waals surface area contributed by atoms with E-state index in [1.54, 1.807) is 31.6 Å². The Morgan fingerprint density at radius 3 is 2.53 bits per heavy atom. The van der Waals surface area contributed by atoms with E-state index in [0.29, 0.717) is 42.3 Å². The monoisotopic (exact) mass is 470 g/mol. The van der Waals surface area contributed by atoms with Gasteiger partial charge in [-0.3, -0.25) is 9.59 Å². The van der Waals surface area contributed by atoms with Crippen LogP contribution in [0.3, 0.4) is 0 Å². The van der Waals surface area contributed by atoms with Gasteiger partial charge in [-0.25, -0.2) is 0 Å². The molecule has 0 spiro atoms. The minimum absolute atomic E-state index is 0.0862. The molecule has 4 rings (SSSR count). The van der Waals surface area contributed by atoms with E-state index in [-0.39, 0.29) is 17.9 Å². The highest BCUT2D eigenvalue weighted by molar-refractivity contribution is 7.12. The van der Waals surface area contributed by atoms with Gasteiger partial charge in [-0.05, 0) is 59.0 Å². The molecule has 3 heterocycles. The van der Waals surface area contributed by atoms with Crippen LogP contribution < -0.4 is 14.8 Å². The number of benzene rings is 1. The Balaban J connectivity index is 1.48. The molecular weight excluding hydrogens is 444 g/mol. The average molecular weight is 471 g/mol. The fourth-order valence-corrected chi connectivity index (χ4v) is 5.54. The maximum atomic E-state index is 13.2. The van der Waals surface area contributed by atoms with Gasteiger partial charge in [0.2, 0.25) is 5.91 Å². The van der Waals surface area contributed by atoms with Crippen LogP contribution in [-0.2, 0) is 11.2 Å². The standard InChI is InChI=1S/C24H26N2O4S2/c1-29-18-14-16-9-11-26(22(27)8-3-10-25-24(28)21-7-5-13-32-21)23(20-6-4-12-31-20)17(16)15-19(18)30-2/h4-7,12-15,23H,3,8-11H2,1-2H3,(H,25,28). The number of thiophene rings is 2. The molecule has 0 radical (unpaired) electrons. The molecule has 3 aromatic rings. The van der Waals surface area contributed by atoms with E-state index < -0.39 is 0 Å². The first-order valence-corrected chi connectivity index (χ1v) is 12.3. The zero-order chi connectivity index (χ0) is 22.5. The summed E-state index contributed by atoms with van der Waals surface area (Å²) in [5.74, 6) is 1.38. The fraction of sp³-hybridized carbons (Fsp3) is 0.333. The van der Waals surface area contributed by atoms with Crippen molar-refractivity contribution in [3.63, 3.8) is 0 Å². The second-order valence-corrected chi connectivity index (χ2v) is 9.42. The van der Waals surface area contributed by atoms with Crippen LogP contribution >= 0.6 is 22.7 Å². The van der Waals surface area contributed by atoms with Crippen LogP contribution in [-0.4, -0.2) is 44.0 Å². The van der Waals surface area contributed by atoms with Crippen LogP contribution in [0.1, 0.15) is 44.6 Å². The van der Waals surface area contributed by atoms with Gasteiger partial charge in [-0.2, -0.15) is 0 Å². The highest BCUT2D eigenvalue weighted by Gasteiger charge is 2.33. The van der Waals surface area contributed by atoms with Crippen LogP contribution in [0.5, 0.6) is 11.5 Å². The maximum Gasteiger partial charge on any atom is 0.261 e. The highest BCUT2D eigenvalue weighted by atomic mass is 32.1. The molecule has 0 saturated heterocycles. The molecule has 1 aromatic carbocycles. The van der Waals surface area contributed by atoms with Gasteiger partial charge >= 0.3 is 0 Å². The molecule has 1 atom stereocenters. The molecular formula is C24H26N2O4S2. The van der Waals surface area contributed by atoms with Gasteiger partial charge in [-0.15, -0.1) is 22.7 Å². The molecule has 0 bridgehead atoms. The summed E-state index contributed by atoms with van der Waals surface area (Å²) in [6.45, 7) is 1.12. The van der Waals surface area contributed by atoms with Crippen LogP contribution in [0.25, 0.3) is 0 Å². The van der Waals surface area contributed by atoms with E-state index in [2.05, 4.69) is 11.4 Å². The number of fused-ring (bicyclic) bond motifs is 1. The predicted molar refractivity (Wildman–Crippen MR) is 127 cm³/mol. The third-order valence-electron chi connectivity index (χ3n) is 5.60. The fourth-order valence-electron chi connectivity index (χ4n) is 4.05. The Morgan fingerprint density at radius 2 is 1.84 bits per heavy atom. The van der Waals surface area contributed by atoms with E-state index in [1.165, 1.54) is 16.9 Å². The summed E-state index contributed by atoms with van der Waals surface area (Å²) < 4.78 is 11.0. The van der Waals surface area contributed by atoms with Crippen LogP contribution in [0.15, 0.2) is 47.2 Å². The van der Waals surface area contributed by atoms with Crippen molar-refractivity contribution in [2.75, 3.05) is 27.3 Å². The molecule has 8 heteroatoms. The number of carbonyl (C=O) groups excluding carboxylic acids is 2. The van der Waals surface area contributed by atoms with Gasteiger partial charge in [0, 0.05) is 24.4 Å². The molecule has 1 aliphatic heterocycles. The Hall–Kier alpha value is -2.84. The number of amides is 2. The van der Waals surface area contributed by atoms with Gasteiger partial charge in [0.15, 0.2) is 11.5 Å². The first-order chi connectivity index (χ1) is 15.6. The van der Waals surface area contributed by atoms with Gasteiger partial charge in [-0.1, -0.05) is 12.1 Å². The van der Waals surface area contributed by atoms with Crippen molar-refractivity contribution in [2.45, 2.75) is 25.3 Å². The molecule has 32 heavy (non-hydrogen) atoms. The lowest BCUT2D eigenvalue weighted by atomic mass is 9.90. The van der Waals surface area contributed by atoms with Crippen molar-refractivity contribution in [1.29, 1.82) is 0 Å². The van der Waals surface area contributed by atoms with E-state index in [4.69, 9.17) is 9.47 Å². The predicted octanol–water partition coefficient (Wildman–Crippen LogP) is 4.51. The van der Waals surface area contributed by atoms with Crippen molar-refractivity contribution < 1.29 is 19.1 Å². The van der Waals surface area contributed by atoms with Crippen molar-refractivity contribution in [3.05, 3.63) is 68.0 Å². The second-order valence-electron chi connectivity index (χ2n) is 7.50. The normalized spacial score (nSPS) is 15.2. The van der Waals surface area contributed by atoms with Gasteiger partial charge in [0.05, 0.1) is 25.1 Å². The number of hydrogen-bond acceptors (Lipinski definition) is 6. The van der Waals surface area contributed by atoms with E-state index in [0.717, 1.165) is 16.9 Å². The Morgan fingerprint density at radius 1 is 1.09 bits per heavy atom. The van der Waals surface area contributed by atoms with Crippen molar-refractivity contribution in [3.8, 4) is 11.5 Å². The van der Waals surface area contributed by atoms with Crippen molar-refractivity contribution in [1.82, 2.24) is 10.2 Å². The zero-order valence-corrected chi connectivity index (χ0v) is 19.8. The average Bonchev–Trinajstić information content (AvgIpc) is 3.54. The van der Waals surface area contributed by atoms with Crippen LogP contribution in [0.2, 0.25) is 0 Å². The molecule has 1 unspecified atom stereocenters. The second kappa shape index (κ2) is 10.2. The molecule has 2 amide bonds. The molecule has 1 aliphatic rings. The minimum Gasteiger partial charge on any atom is -0.493 e. The number of hydrogen-bond donors (Lipinski definition) is 1. The SMILES string of the molecule is COc1cc2c(cc1OC)C(c1cccs1)N(C(=O)CCCNC(=O)c1cccs1)CC2. The summed E-state index contributed by atoms with van der Waals surface area (Å²) in [5.41, 5.74) is 2.25. The smallest absolute Gasteiger partial charge is 0.261 e. The number of carbonyl (C=O) groups is 2. The molecule has 0 aliphatic carbocycles. The van der Waals surface area contributed by atoms with Gasteiger partial charge in [0.1, 0.15) is 0 Å². The van der Waals surface area contributed by atoms with Gasteiger partial charge < -0.3 is 19.7 Å². The Bertz CT molecular complexity index is 1060. The van der Waals surface area contributed by atoms with E-state index in [1.807, 2.05) is 39.9 Å².